The Morgan fingerprint density at radius 3 is 2.70 bits per heavy atom. The highest BCUT2D eigenvalue weighted by molar-refractivity contribution is 6.01. The standard InChI is InChI=1S/C14H17N3O2.ClH/c15-14(5-1-2-6-14)13(19)16-10-3-4-11-9(7-10)8-12(18)17-11;/h3-4,7H,1-2,5-6,8,15H2,(H,16,19)(H,17,18);1H. The zero-order valence-corrected chi connectivity index (χ0v) is 11.9. The van der Waals surface area contributed by atoms with Crippen LogP contribution in [0, 0.1) is 0 Å². The summed E-state index contributed by atoms with van der Waals surface area (Å²) >= 11 is 0. The van der Waals surface area contributed by atoms with E-state index in [2.05, 4.69) is 10.6 Å². The number of halogens is 1. The summed E-state index contributed by atoms with van der Waals surface area (Å²) in [6.45, 7) is 0. The Morgan fingerprint density at radius 2 is 2.00 bits per heavy atom. The number of anilines is 2. The van der Waals surface area contributed by atoms with Gasteiger partial charge in [-0.05, 0) is 36.6 Å². The van der Waals surface area contributed by atoms with E-state index in [-0.39, 0.29) is 24.2 Å². The SMILES string of the molecule is Cl.NC1(C(=O)Nc2ccc3c(c2)CC(=O)N3)CCCC1. The number of benzene rings is 1. The van der Waals surface area contributed by atoms with Crippen LogP contribution in [0.3, 0.4) is 0 Å². The predicted molar refractivity (Wildman–Crippen MR) is 80.0 cm³/mol. The fraction of sp³-hybridized carbons (Fsp3) is 0.429. The van der Waals surface area contributed by atoms with Gasteiger partial charge in [-0.25, -0.2) is 0 Å². The van der Waals surface area contributed by atoms with Crippen LogP contribution in [0.15, 0.2) is 18.2 Å². The van der Waals surface area contributed by atoms with E-state index >= 15 is 0 Å². The lowest BCUT2D eigenvalue weighted by atomic mass is 9.98. The van der Waals surface area contributed by atoms with Crippen LogP contribution in [-0.4, -0.2) is 17.4 Å². The van der Waals surface area contributed by atoms with Gasteiger partial charge in [0.1, 0.15) is 0 Å². The van der Waals surface area contributed by atoms with Gasteiger partial charge in [0.05, 0.1) is 12.0 Å². The summed E-state index contributed by atoms with van der Waals surface area (Å²) in [6, 6.07) is 5.44. The van der Waals surface area contributed by atoms with E-state index in [0.29, 0.717) is 12.1 Å². The number of hydrogen-bond donors (Lipinski definition) is 3. The van der Waals surface area contributed by atoms with Gasteiger partial charge in [-0.1, -0.05) is 12.8 Å². The molecule has 6 heteroatoms. The minimum absolute atomic E-state index is 0. The smallest absolute Gasteiger partial charge is 0.244 e. The summed E-state index contributed by atoms with van der Waals surface area (Å²) in [5, 5.41) is 5.63. The number of amides is 2. The first-order chi connectivity index (χ1) is 9.07. The second-order valence-electron chi connectivity index (χ2n) is 5.41. The van der Waals surface area contributed by atoms with Crippen molar-refractivity contribution in [2.24, 2.45) is 5.73 Å². The summed E-state index contributed by atoms with van der Waals surface area (Å²) in [5.74, 6) is -0.133. The zero-order valence-electron chi connectivity index (χ0n) is 11.1. The van der Waals surface area contributed by atoms with Crippen molar-refractivity contribution in [2.45, 2.75) is 37.6 Å². The normalized spacial score (nSPS) is 18.9. The molecule has 1 aliphatic heterocycles. The minimum Gasteiger partial charge on any atom is -0.326 e. The molecule has 2 aliphatic rings. The van der Waals surface area contributed by atoms with Crippen molar-refractivity contribution >= 4 is 35.6 Å². The summed E-state index contributed by atoms with van der Waals surface area (Å²) in [6.07, 6.45) is 3.86. The number of nitrogens with one attached hydrogen (secondary N) is 2. The molecule has 0 radical (unpaired) electrons. The monoisotopic (exact) mass is 295 g/mol. The molecule has 3 rings (SSSR count). The van der Waals surface area contributed by atoms with Crippen LogP contribution in [0.2, 0.25) is 0 Å². The molecule has 1 aromatic carbocycles. The molecule has 1 saturated carbocycles. The predicted octanol–water partition coefficient (Wildman–Crippen LogP) is 1.81. The largest absolute Gasteiger partial charge is 0.326 e. The molecule has 0 unspecified atom stereocenters. The molecule has 1 aliphatic carbocycles. The Balaban J connectivity index is 0.00000147. The highest BCUT2D eigenvalue weighted by Crippen LogP contribution is 2.30. The summed E-state index contributed by atoms with van der Waals surface area (Å²) in [4.78, 5) is 23.5. The summed E-state index contributed by atoms with van der Waals surface area (Å²) < 4.78 is 0. The van der Waals surface area contributed by atoms with Crippen molar-refractivity contribution in [1.82, 2.24) is 0 Å². The first-order valence-corrected chi connectivity index (χ1v) is 6.60. The first-order valence-electron chi connectivity index (χ1n) is 6.60. The molecular formula is C14H18ClN3O2. The maximum Gasteiger partial charge on any atom is 0.244 e. The number of rotatable bonds is 2. The van der Waals surface area contributed by atoms with E-state index < -0.39 is 5.54 Å². The number of nitrogens with two attached hydrogens (primary N) is 1. The molecule has 0 spiro atoms. The van der Waals surface area contributed by atoms with Crippen LogP contribution in [0.1, 0.15) is 31.2 Å². The van der Waals surface area contributed by atoms with Crippen LogP contribution in [0.4, 0.5) is 11.4 Å². The van der Waals surface area contributed by atoms with Crippen LogP contribution in [0.5, 0.6) is 0 Å². The molecule has 0 bridgehead atoms. The molecule has 5 nitrogen and oxygen atoms in total. The van der Waals surface area contributed by atoms with Gasteiger partial charge in [0.2, 0.25) is 11.8 Å². The lowest BCUT2D eigenvalue weighted by Crippen LogP contribution is -2.48. The average molecular weight is 296 g/mol. The number of carbonyl (C=O) groups is 2. The molecule has 20 heavy (non-hydrogen) atoms. The van der Waals surface area contributed by atoms with Crippen molar-refractivity contribution in [2.75, 3.05) is 10.6 Å². The second-order valence-corrected chi connectivity index (χ2v) is 5.41. The summed E-state index contributed by atoms with van der Waals surface area (Å²) in [5.41, 5.74) is 7.83. The van der Waals surface area contributed by atoms with Gasteiger partial charge >= 0.3 is 0 Å². The van der Waals surface area contributed by atoms with E-state index in [0.717, 1.165) is 36.9 Å². The van der Waals surface area contributed by atoms with Gasteiger partial charge in [-0.3, -0.25) is 9.59 Å². The van der Waals surface area contributed by atoms with Crippen molar-refractivity contribution in [3.63, 3.8) is 0 Å². The van der Waals surface area contributed by atoms with E-state index in [1.165, 1.54) is 0 Å². The minimum atomic E-state index is -0.729. The third kappa shape index (κ3) is 2.64. The molecule has 4 N–H and O–H groups in total. The van der Waals surface area contributed by atoms with Crippen molar-refractivity contribution in [3.8, 4) is 0 Å². The zero-order chi connectivity index (χ0) is 13.5. The number of fused-ring (bicyclic) bond motifs is 1. The third-order valence-electron chi connectivity index (χ3n) is 3.94. The van der Waals surface area contributed by atoms with E-state index in [1.54, 1.807) is 6.07 Å². The molecule has 0 saturated heterocycles. The van der Waals surface area contributed by atoms with Gasteiger partial charge in [0.25, 0.3) is 0 Å². The Morgan fingerprint density at radius 1 is 1.30 bits per heavy atom. The lowest BCUT2D eigenvalue weighted by Gasteiger charge is -2.22. The van der Waals surface area contributed by atoms with Crippen molar-refractivity contribution in [1.29, 1.82) is 0 Å². The molecule has 1 fully saturated rings. The Kier molecular flexibility index (Phi) is 4.01. The molecule has 0 atom stereocenters. The van der Waals surface area contributed by atoms with Gasteiger partial charge in [0, 0.05) is 11.4 Å². The molecular weight excluding hydrogens is 278 g/mol. The topological polar surface area (TPSA) is 84.2 Å². The van der Waals surface area contributed by atoms with Crippen LogP contribution in [-0.2, 0) is 16.0 Å². The molecule has 2 amide bonds. The lowest BCUT2D eigenvalue weighted by molar-refractivity contribution is -0.121. The van der Waals surface area contributed by atoms with E-state index in [9.17, 15) is 9.59 Å². The van der Waals surface area contributed by atoms with Gasteiger partial charge in [-0.15, -0.1) is 12.4 Å². The second kappa shape index (κ2) is 5.42. The van der Waals surface area contributed by atoms with Gasteiger partial charge in [-0.2, -0.15) is 0 Å². The van der Waals surface area contributed by atoms with E-state index in [4.69, 9.17) is 5.73 Å². The maximum absolute atomic E-state index is 12.2. The average Bonchev–Trinajstić information content (AvgIpc) is 2.95. The maximum atomic E-state index is 12.2. The Hall–Kier alpha value is -1.59. The van der Waals surface area contributed by atoms with E-state index in [1.807, 2.05) is 12.1 Å². The van der Waals surface area contributed by atoms with Crippen LogP contribution in [0.25, 0.3) is 0 Å². The van der Waals surface area contributed by atoms with Crippen LogP contribution < -0.4 is 16.4 Å². The highest BCUT2D eigenvalue weighted by Gasteiger charge is 2.37. The molecule has 108 valence electrons. The Bertz CT molecular complexity index is 553. The third-order valence-corrected chi connectivity index (χ3v) is 3.94. The fourth-order valence-electron chi connectivity index (χ4n) is 2.80. The first kappa shape index (κ1) is 14.8. The number of hydrogen-bond acceptors (Lipinski definition) is 3. The molecule has 1 aromatic rings. The van der Waals surface area contributed by atoms with Crippen LogP contribution >= 0.6 is 12.4 Å². The fourth-order valence-corrected chi connectivity index (χ4v) is 2.80. The van der Waals surface area contributed by atoms with Gasteiger partial charge < -0.3 is 16.4 Å². The molecule has 1 heterocycles. The van der Waals surface area contributed by atoms with Gasteiger partial charge in [0.15, 0.2) is 0 Å². The van der Waals surface area contributed by atoms with Crippen molar-refractivity contribution < 1.29 is 9.59 Å². The Labute approximate surface area is 123 Å². The quantitative estimate of drug-likeness (QED) is 0.778. The number of carbonyl (C=O) groups excluding carboxylic acids is 2. The highest BCUT2D eigenvalue weighted by atomic mass is 35.5. The summed E-state index contributed by atoms with van der Waals surface area (Å²) in [7, 11) is 0. The molecule has 0 aromatic heterocycles. The van der Waals surface area contributed by atoms with Crippen molar-refractivity contribution in [3.05, 3.63) is 23.8 Å².